The summed E-state index contributed by atoms with van der Waals surface area (Å²) in [6.45, 7) is 7.19. The van der Waals surface area contributed by atoms with Gasteiger partial charge in [0, 0.05) is 23.7 Å². The Hall–Kier alpha value is -1.32. The van der Waals surface area contributed by atoms with Crippen molar-refractivity contribution >= 4 is 22.5 Å². The highest BCUT2D eigenvalue weighted by atomic mass is 35.5. The molecule has 0 aliphatic carbocycles. The number of phenolic OH excluding ortho intramolecular Hbond substituents is 1. The molecule has 1 fully saturated rings. The molecule has 1 aliphatic rings. The summed E-state index contributed by atoms with van der Waals surface area (Å²) in [5, 5.41) is 12.1. The van der Waals surface area contributed by atoms with Crippen molar-refractivity contribution in [2.24, 2.45) is 5.92 Å². The first kappa shape index (κ1) is 14.6. The standard InChI is InChI=1S/C17H21ClN2O/c1-11-4-7-20(8-5-11)10-13-9-14(18)15-12(2)3-6-19-16(15)17(13)21/h3,6,9,11,21H,4-5,7-8,10H2,1-2H3. The average Bonchev–Trinajstić information content (AvgIpc) is 2.46. The highest BCUT2D eigenvalue weighted by molar-refractivity contribution is 6.36. The van der Waals surface area contributed by atoms with Crippen LogP contribution in [0.4, 0.5) is 0 Å². The number of aromatic hydroxyl groups is 1. The normalized spacial score (nSPS) is 17.5. The predicted octanol–water partition coefficient (Wildman–Crippen LogP) is 4.13. The molecule has 21 heavy (non-hydrogen) atoms. The predicted molar refractivity (Wildman–Crippen MR) is 86.8 cm³/mol. The van der Waals surface area contributed by atoms with E-state index >= 15 is 0 Å². The van der Waals surface area contributed by atoms with Crippen LogP contribution in [0.5, 0.6) is 5.75 Å². The SMILES string of the molecule is Cc1ccnc2c(O)c(CN3CCC(C)CC3)cc(Cl)c12. The minimum atomic E-state index is 0.275. The van der Waals surface area contributed by atoms with Gasteiger partial charge in [-0.1, -0.05) is 18.5 Å². The minimum Gasteiger partial charge on any atom is -0.505 e. The number of nitrogens with zero attached hydrogens (tertiary/aromatic N) is 2. The highest BCUT2D eigenvalue weighted by Gasteiger charge is 2.19. The number of hydrogen-bond donors (Lipinski definition) is 1. The first-order valence-corrected chi connectivity index (χ1v) is 7.92. The molecule has 0 bridgehead atoms. The molecule has 1 aromatic carbocycles. The summed E-state index contributed by atoms with van der Waals surface area (Å²) < 4.78 is 0. The Morgan fingerprint density at radius 1 is 1.38 bits per heavy atom. The lowest BCUT2D eigenvalue weighted by Gasteiger charge is -2.30. The van der Waals surface area contributed by atoms with E-state index in [2.05, 4.69) is 16.8 Å². The molecule has 1 aliphatic heterocycles. The summed E-state index contributed by atoms with van der Waals surface area (Å²) in [6, 6.07) is 3.81. The summed E-state index contributed by atoms with van der Waals surface area (Å²) in [7, 11) is 0. The summed E-state index contributed by atoms with van der Waals surface area (Å²) in [4.78, 5) is 6.70. The molecule has 0 radical (unpaired) electrons. The Labute approximate surface area is 130 Å². The van der Waals surface area contributed by atoms with Crippen molar-refractivity contribution < 1.29 is 5.11 Å². The van der Waals surface area contributed by atoms with Gasteiger partial charge in [0.2, 0.25) is 0 Å². The summed E-state index contributed by atoms with van der Waals surface area (Å²) >= 11 is 6.41. The second-order valence-electron chi connectivity index (χ2n) is 6.18. The third kappa shape index (κ3) is 2.85. The Kier molecular flexibility index (Phi) is 4.05. The third-order valence-corrected chi connectivity index (χ3v) is 4.80. The lowest BCUT2D eigenvalue weighted by atomic mass is 9.98. The van der Waals surface area contributed by atoms with E-state index in [4.69, 9.17) is 11.6 Å². The number of piperidine rings is 1. The van der Waals surface area contributed by atoms with Crippen LogP contribution in [0.2, 0.25) is 5.02 Å². The van der Waals surface area contributed by atoms with Gasteiger partial charge in [0.05, 0.1) is 5.02 Å². The topological polar surface area (TPSA) is 36.4 Å². The van der Waals surface area contributed by atoms with E-state index in [9.17, 15) is 5.11 Å². The van der Waals surface area contributed by atoms with Crippen molar-refractivity contribution in [3.63, 3.8) is 0 Å². The molecule has 0 amide bonds. The third-order valence-electron chi connectivity index (χ3n) is 4.50. The van der Waals surface area contributed by atoms with E-state index < -0.39 is 0 Å². The molecule has 0 spiro atoms. The molecule has 4 heteroatoms. The molecule has 2 aromatic rings. The second-order valence-corrected chi connectivity index (χ2v) is 6.58. The van der Waals surface area contributed by atoms with E-state index in [1.807, 2.05) is 19.1 Å². The van der Waals surface area contributed by atoms with Gasteiger partial charge < -0.3 is 5.11 Å². The van der Waals surface area contributed by atoms with Gasteiger partial charge in [0.1, 0.15) is 11.3 Å². The molecule has 2 heterocycles. The maximum Gasteiger partial charge on any atom is 0.146 e. The summed E-state index contributed by atoms with van der Waals surface area (Å²) in [5.74, 6) is 1.08. The Balaban J connectivity index is 1.94. The Bertz CT molecular complexity index is 663. The molecule has 3 rings (SSSR count). The molecular formula is C17H21ClN2O. The van der Waals surface area contributed by atoms with Crippen LogP contribution < -0.4 is 0 Å². The number of phenols is 1. The molecule has 3 nitrogen and oxygen atoms in total. The summed E-state index contributed by atoms with van der Waals surface area (Å²) in [6.07, 6.45) is 4.17. The van der Waals surface area contributed by atoms with E-state index in [-0.39, 0.29) is 5.75 Å². The fourth-order valence-electron chi connectivity index (χ4n) is 3.07. The molecule has 112 valence electrons. The monoisotopic (exact) mass is 304 g/mol. The van der Waals surface area contributed by atoms with Crippen LogP contribution in [-0.2, 0) is 6.54 Å². The van der Waals surface area contributed by atoms with Crippen molar-refractivity contribution in [1.82, 2.24) is 9.88 Å². The number of rotatable bonds is 2. The van der Waals surface area contributed by atoms with Crippen molar-refractivity contribution in [2.45, 2.75) is 33.2 Å². The Morgan fingerprint density at radius 3 is 2.81 bits per heavy atom. The number of benzene rings is 1. The first-order valence-electron chi connectivity index (χ1n) is 7.54. The minimum absolute atomic E-state index is 0.275. The van der Waals surface area contributed by atoms with E-state index in [1.54, 1.807) is 6.20 Å². The zero-order chi connectivity index (χ0) is 15.0. The van der Waals surface area contributed by atoms with Crippen LogP contribution in [-0.4, -0.2) is 28.1 Å². The number of fused-ring (bicyclic) bond motifs is 1. The fraction of sp³-hybridized carbons (Fsp3) is 0.471. The van der Waals surface area contributed by atoms with E-state index in [0.29, 0.717) is 10.5 Å². The van der Waals surface area contributed by atoms with Crippen LogP contribution in [0.25, 0.3) is 10.9 Å². The number of aryl methyl sites for hydroxylation is 1. The van der Waals surface area contributed by atoms with Gasteiger partial charge in [-0.25, -0.2) is 0 Å². The zero-order valence-corrected chi connectivity index (χ0v) is 13.3. The largest absolute Gasteiger partial charge is 0.505 e. The van der Waals surface area contributed by atoms with Gasteiger partial charge in [0.25, 0.3) is 0 Å². The molecule has 1 aromatic heterocycles. The smallest absolute Gasteiger partial charge is 0.146 e. The lowest BCUT2D eigenvalue weighted by molar-refractivity contribution is 0.184. The number of hydrogen-bond acceptors (Lipinski definition) is 3. The number of likely N-dealkylation sites (tertiary alicyclic amines) is 1. The van der Waals surface area contributed by atoms with Crippen molar-refractivity contribution in [3.8, 4) is 5.75 Å². The van der Waals surface area contributed by atoms with Gasteiger partial charge in [-0.2, -0.15) is 0 Å². The van der Waals surface area contributed by atoms with Crippen molar-refractivity contribution in [2.75, 3.05) is 13.1 Å². The van der Waals surface area contributed by atoms with Gasteiger partial charge in [-0.3, -0.25) is 9.88 Å². The zero-order valence-electron chi connectivity index (χ0n) is 12.6. The molecule has 0 unspecified atom stereocenters. The van der Waals surface area contributed by atoms with Crippen LogP contribution >= 0.6 is 11.6 Å². The second kappa shape index (κ2) is 5.82. The van der Waals surface area contributed by atoms with Crippen LogP contribution in [0.3, 0.4) is 0 Å². The molecular weight excluding hydrogens is 284 g/mol. The number of pyridine rings is 1. The molecule has 0 saturated carbocycles. The molecule has 1 saturated heterocycles. The van der Waals surface area contributed by atoms with Crippen molar-refractivity contribution in [1.29, 1.82) is 0 Å². The highest BCUT2D eigenvalue weighted by Crippen LogP contribution is 2.35. The number of aromatic nitrogens is 1. The van der Waals surface area contributed by atoms with Crippen LogP contribution in [0.1, 0.15) is 30.9 Å². The van der Waals surface area contributed by atoms with Gasteiger partial charge in [-0.05, 0) is 56.5 Å². The van der Waals surface area contributed by atoms with E-state index in [0.717, 1.165) is 42.1 Å². The quantitative estimate of drug-likeness (QED) is 0.906. The van der Waals surface area contributed by atoms with Crippen LogP contribution in [0.15, 0.2) is 18.3 Å². The maximum atomic E-state index is 10.5. The van der Waals surface area contributed by atoms with Gasteiger partial charge in [0.15, 0.2) is 0 Å². The van der Waals surface area contributed by atoms with Gasteiger partial charge in [-0.15, -0.1) is 0 Å². The lowest BCUT2D eigenvalue weighted by Crippen LogP contribution is -2.32. The van der Waals surface area contributed by atoms with Gasteiger partial charge >= 0.3 is 0 Å². The van der Waals surface area contributed by atoms with Crippen LogP contribution in [0, 0.1) is 12.8 Å². The Morgan fingerprint density at radius 2 is 2.10 bits per heavy atom. The molecule has 0 atom stereocenters. The average molecular weight is 305 g/mol. The number of halogens is 1. The summed E-state index contributed by atoms with van der Waals surface area (Å²) in [5.41, 5.74) is 2.53. The fourth-order valence-corrected chi connectivity index (χ4v) is 3.44. The van der Waals surface area contributed by atoms with Crippen molar-refractivity contribution in [3.05, 3.63) is 34.5 Å². The van der Waals surface area contributed by atoms with E-state index in [1.165, 1.54) is 12.8 Å². The maximum absolute atomic E-state index is 10.5. The first-order chi connectivity index (χ1) is 10.1. The molecule has 1 N–H and O–H groups in total.